The van der Waals surface area contributed by atoms with Gasteiger partial charge >= 0.3 is 0 Å². The van der Waals surface area contributed by atoms with Gasteiger partial charge in [0.15, 0.2) is 9.84 Å². The van der Waals surface area contributed by atoms with Crippen molar-refractivity contribution >= 4 is 31.5 Å². The van der Waals surface area contributed by atoms with Crippen LogP contribution in [0.15, 0.2) is 70.6 Å². The van der Waals surface area contributed by atoms with E-state index in [1.165, 1.54) is 12.1 Å². The van der Waals surface area contributed by atoms with E-state index in [0.717, 1.165) is 5.56 Å². The maximum absolute atomic E-state index is 12.2. The molecule has 0 aliphatic rings. The fourth-order valence-electron chi connectivity index (χ4n) is 2.52. The molecule has 1 heterocycles. The fourth-order valence-corrected chi connectivity index (χ4v) is 4.10. The van der Waals surface area contributed by atoms with Gasteiger partial charge in [0.1, 0.15) is 0 Å². The molecule has 3 N–H and O–H groups in total. The van der Waals surface area contributed by atoms with Crippen molar-refractivity contribution < 1.29 is 16.8 Å². The highest BCUT2D eigenvalue weighted by molar-refractivity contribution is 7.92. The summed E-state index contributed by atoms with van der Waals surface area (Å²) in [6, 6.07) is 14.1. The second-order valence-corrected chi connectivity index (χ2v) is 10.6. The van der Waals surface area contributed by atoms with E-state index >= 15 is 0 Å². The summed E-state index contributed by atoms with van der Waals surface area (Å²) < 4.78 is 47.1. The molecule has 0 unspecified atom stereocenters. The van der Waals surface area contributed by atoms with Crippen LogP contribution in [-0.2, 0) is 19.9 Å². The summed E-state index contributed by atoms with van der Waals surface area (Å²) in [5.74, 6) is 0.310. The van der Waals surface area contributed by atoms with Crippen molar-refractivity contribution in [2.24, 2.45) is 5.14 Å². The van der Waals surface area contributed by atoms with Gasteiger partial charge in [0, 0.05) is 17.4 Å². The van der Waals surface area contributed by atoms with Crippen molar-refractivity contribution in [2.45, 2.75) is 28.9 Å². The highest BCUT2D eigenvalue weighted by Gasteiger charge is 2.19. The molecule has 3 aromatic rings. The summed E-state index contributed by atoms with van der Waals surface area (Å²) in [6.45, 7) is 3.28. The maximum atomic E-state index is 12.2. The molecule has 0 amide bonds. The molecule has 152 valence electrons. The molecular formula is C19H20N4O4S2. The second-order valence-electron chi connectivity index (χ2n) is 6.58. The number of sulfonamides is 1. The van der Waals surface area contributed by atoms with Gasteiger partial charge in [0.25, 0.3) is 0 Å². The lowest BCUT2D eigenvalue weighted by atomic mass is 10.1. The second kappa shape index (κ2) is 7.90. The minimum Gasteiger partial charge on any atom is -0.324 e. The molecule has 0 saturated carbocycles. The minimum atomic E-state index is -3.76. The Labute approximate surface area is 169 Å². The zero-order chi connectivity index (χ0) is 21.2. The molecule has 0 atom stereocenters. The third-order valence-corrected chi connectivity index (χ3v) is 7.29. The van der Waals surface area contributed by atoms with Crippen LogP contribution < -0.4 is 10.5 Å². The van der Waals surface area contributed by atoms with Crippen molar-refractivity contribution in [3.05, 3.63) is 60.8 Å². The van der Waals surface area contributed by atoms with Crippen LogP contribution >= 0.6 is 0 Å². The molecule has 0 spiro atoms. The van der Waals surface area contributed by atoms with Crippen LogP contribution in [0.25, 0.3) is 11.3 Å². The third kappa shape index (κ3) is 4.78. The number of primary sulfonamides is 1. The molecule has 1 aromatic heterocycles. The van der Waals surface area contributed by atoms with E-state index in [2.05, 4.69) is 15.3 Å². The lowest BCUT2D eigenvalue weighted by Crippen LogP contribution is -2.13. The zero-order valence-electron chi connectivity index (χ0n) is 15.8. The third-order valence-electron chi connectivity index (χ3n) is 4.19. The number of nitrogens with two attached hydrogens (primary N) is 1. The van der Waals surface area contributed by atoms with Gasteiger partial charge in [-0.15, -0.1) is 0 Å². The van der Waals surface area contributed by atoms with E-state index in [1.54, 1.807) is 62.5 Å². The molecule has 0 radical (unpaired) electrons. The van der Waals surface area contributed by atoms with Gasteiger partial charge < -0.3 is 5.32 Å². The number of hydrogen-bond acceptors (Lipinski definition) is 7. The lowest BCUT2D eigenvalue weighted by Gasteiger charge is -2.09. The average molecular weight is 433 g/mol. The molecule has 29 heavy (non-hydrogen) atoms. The van der Waals surface area contributed by atoms with E-state index in [0.29, 0.717) is 17.3 Å². The zero-order valence-corrected chi connectivity index (χ0v) is 17.4. The SMILES string of the molecule is CC(C)S(=O)(=O)c1ccc(-c2ccnc(Nc3ccc(S(N)(=O)=O)cc3)n2)cc1. The van der Waals surface area contributed by atoms with E-state index in [1.807, 2.05) is 0 Å². The maximum Gasteiger partial charge on any atom is 0.238 e. The number of benzene rings is 2. The molecular weight excluding hydrogens is 412 g/mol. The van der Waals surface area contributed by atoms with Crippen LogP contribution in [0, 0.1) is 0 Å². The van der Waals surface area contributed by atoms with Crippen LogP contribution in [0.5, 0.6) is 0 Å². The highest BCUT2D eigenvalue weighted by Crippen LogP contribution is 2.23. The normalized spacial score (nSPS) is 12.1. The molecule has 10 heteroatoms. The summed E-state index contributed by atoms with van der Waals surface area (Å²) >= 11 is 0. The van der Waals surface area contributed by atoms with Crippen molar-refractivity contribution in [3.63, 3.8) is 0 Å². The Bertz CT molecular complexity index is 1220. The standard InChI is InChI=1S/C19H20N4O4S2/c1-13(2)28(24,25)16-7-3-14(4-8-16)18-11-12-21-19(23-18)22-15-5-9-17(10-6-15)29(20,26)27/h3-13H,1-2H3,(H2,20,26,27)(H,21,22,23). The Balaban J connectivity index is 1.83. The Kier molecular flexibility index (Phi) is 5.69. The Morgan fingerprint density at radius 3 is 2.00 bits per heavy atom. The van der Waals surface area contributed by atoms with E-state index in [-0.39, 0.29) is 9.79 Å². The predicted molar refractivity (Wildman–Crippen MR) is 111 cm³/mol. The smallest absolute Gasteiger partial charge is 0.238 e. The van der Waals surface area contributed by atoms with Crippen LogP contribution in [0.4, 0.5) is 11.6 Å². The van der Waals surface area contributed by atoms with Crippen molar-refractivity contribution in [1.82, 2.24) is 9.97 Å². The molecule has 3 rings (SSSR count). The number of aromatic nitrogens is 2. The summed E-state index contributed by atoms with van der Waals surface area (Å²) in [6.07, 6.45) is 1.57. The highest BCUT2D eigenvalue weighted by atomic mass is 32.2. The van der Waals surface area contributed by atoms with Gasteiger partial charge in [0.2, 0.25) is 16.0 Å². The first kappa shape index (κ1) is 20.9. The van der Waals surface area contributed by atoms with E-state index in [9.17, 15) is 16.8 Å². The largest absolute Gasteiger partial charge is 0.324 e. The fraction of sp³-hybridized carbons (Fsp3) is 0.158. The summed E-state index contributed by atoms with van der Waals surface area (Å²) in [5, 5.41) is 7.58. The summed E-state index contributed by atoms with van der Waals surface area (Å²) in [7, 11) is -7.09. The van der Waals surface area contributed by atoms with Gasteiger partial charge in [-0.3, -0.25) is 0 Å². The van der Waals surface area contributed by atoms with Crippen molar-refractivity contribution in [2.75, 3.05) is 5.32 Å². The van der Waals surface area contributed by atoms with E-state index in [4.69, 9.17) is 5.14 Å². The van der Waals surface area contributed by atoms with Crippen LogP contribution in [0.3, 0.4) is 0 Å². The van der Waals surface area contributed by atoms with Crippen LogP contribution in [0.1, 0.15) is 13.8 Å². The molecule has 0 saturated heterocycles. The molecule has 8 nitrogen and oxygen atoms in total. The summed E-state index contributed by atoms with van der Waals surface area (Å²) in [5.41, 5.74) is 1.94. The van der Waals surface area contributed by atoms with Gasteiger partial charge in [0.05, 0.1) is 20.7 Å². The molecule has 2 aromatic carbocycles. The Morgan fingerprint density at radius 1 is 0.862 bits per heavy atom. The lowest BCUT2D eigenvalue weighted by molar-refractivity contribution is 0.587. The number of sulfone groups is 1. The molecule has 0 bridgehead atoms. The van der Waals surface area contributed by atoms with Crippen molar-refractivity contribution in [3.8, 4) is 11.3 Å². The van der Waals surface area contributed by atoms with Gasteiger partial charge in [-0.05, 0) is 56.3 Å². The first-order valence-corrected chi connectivity index (χ1v) is 11.7. The number of anilines is 2. The minimum absolute atomic E-state index is 0.00848. The van der Waals surface area contributed by atoms with Crippen molar-refractivity contribution in [1.29, 1.82) is 0 Å². The van der Waals surface area contributed by atoms with Gasteiger partial charge in [-0.2, -0.15) is 0 Å². The number of nitrogens with one attached hydrogen (secondary N) is 1. The Morgan fingerprint density at radius 2 is 1.45 bits per heavy atom. The average Bonchev–Trinajstić information content (AvgIpc) is 2.68. The predicted octanol–water partition coefficient (Wildman–Crippen LogP) is 2.72. The van der Waals surface area contributed by atoms with Gasteiger partial charge in [-0.25, -0.2) is 31.9 Å². The first-order chi connectivity index (χ1) is 13.6. The monoisotopic (exact) mass is 432 g/mol. The van der Waals surface area contributed by atoms with Gasteiger partial charge in [-0.1, -0.05) is 12.1 Å². The molecule has 0 aliphatic heterocycles. The number of nitrogens with zero attached hydrogens (tertiary/aromatic N) is 2. The number of rotatable bonds is 6. The molecule has 0 aliphatic carbocycles. The number of hydrogen-bond donors (Lipinski definition) is 2. The first-order valence-electron chi connectivity index (χ1n) is 8.64. The van der Waals surface area contributed by atoms with Crippen LogP contribution in [0.2, 0.25) is 0 Å². The van der Waals surface area contributed by atoms with Crippen LogP contribution in [-0.4, -0.2) is 32.1 Å². The quantitative estimate of drug-likeness (QED) is 0.612. The summed E-state index contributed by atoms with van der Waals surface area (Å²) in [4.78, 5) is 8.84. The molecule has 0 fully saturated rings. The topological polar surface area (TPSA) is 132 Å². The van der Waals surface area contributed by atoms with E-state index < -0.39 is 25.1 Å². The Hall–Kier alpha value is -2.82.